The number of hydrogen-bond donors (Lipinski definition) is 1. The van der Waals surface area contributed by atoms with Crippen LogP contribution in [0.1, 0.15) is 5.69 Å². The minimum absolute atomic E-state index is 0.780. The van der Waals surface area contributed by atoms with Crippen LogP contribution in [-0.2, 0) is 13.1 Å². The average molecular weight is 243 g/mol. The van der Waals surface area contributed by atoms with Crippen molar-refractivity contribution in [1.82, 2.24) is 25.2 Å². The van der Waals surface area contributed by atoms with Crippen molar-refractivity contribution >= 4 is 11.8 Å². The van der Waals surface area contributed by atoms with Gasteiger partial charge in [-0.25, -0.2) is 0 Å². The molecular weight excluding hydrogens is 222 g/mol. The molecule has 0 atom stereocenters. The second-order valence-electron chi connectivity index (χ2n) is 3.80. The lowest BCUT2D eigenvalue weighted by Gasteiger charge is -2.15. The molecule has 0 spiro atoms. The Kier molecular flexibility index (Phi) is 6.44. The summed E-state index contributed by atoms with van der Waals surface area (Å²) in [5.74, 6) is 1.18. The van der Waals surface area contributed by atoms with Gasteiger partial charge in [-0.05, 0) is 20.4 Å². The van der Waals surface area contributed by atoms with E-state index in [1.54, 1.807) is 0 Å². The van der Waals surface area contributed by atoms with Crippen molar-refractivity contribution in [1.29, 1.82) is 0 Å². The van der Waals surface area contributed by atoms with Gasteiger partial charge in [0.1, 0.15) is 0 Å². The van der Waals surface area contributed by atoms with Crippen molar-refractivity contribution in [3.8, 4) is 0 Å². The summed E-state index contributed by atoms with van der Waals surface area (Å²) >= 11 is 1.88. The highest BCUT2D eigenvalue weighted by atomic mass is 32.2. The van der Waals surface area contributed by atoms with E-state index < -0.39 is 0 Å². The predicted octanol–water partition coefficient (Wildman–Crippen LogP) is 0.292. The van der Waals surface area contributed by atoms with Gasteiger partial charge in [0.05, 0.1) is 12.2 Å². The van der Waals surface area contributed by atoms with E-state index in [9.17, 15) is 0 Å². The van der Waals surface area contributed by atoms with E-state index in [-0.39, 0.29) is 0 Å². The van der Waals surface area contributed by atoms with Gasteiger partial charge in [0, 0.05) is 31.6 Å². The van der Waals surface area contributed by atoms with Crippen molar-refractivity contribution in [3.05, 3.63) is 11.9 Å². The number of nitrogens with zero attached hydrogens (tertiary/aromatic N) is 4. The Bertz CT molecular complexity index is 288. The van der Waals surface area contributed by atoms with Crippen LogP contribution in [0.5, 0.6) is 0 Å². The molecule has 1 heterocycles. The Hall–Kier alpha value is -0.590. The molecule has 1 rings (SSSR count). The summed E-state index contributed by atoms with van der Waals surface area (Å²) in [6.45, 7) is 3.83. The molecule has 1 aromatic rings. The maximum Gasteiger partial charge on any atom is 0.0964 e. The molecule has 0 saturated heterocycles. The van der Waals surface area contributed by atoms with Gasteiger partial charge < -0.3 is 10.2 Å². The van der Waals surface area contributed by atoms with Crippen LogP contribution in [0.3, 0.4) is 0 Å². The predicted molar refractivity (Wildman–Crippen MR) is 68.7 cm³/mol. The molecule has 0 bridgehead atoms. The van der Waals surface area contributed by atoms with E-state index in [4.69, 9.17) is 0 Å². The molecule has 0 fully saturated rings. The normalized spacial score (nSPS) is 11.2. The zero-order valence-corrected chi connectivity index (χ0v) is 11.1. The fourth-order valence-electron chi connectivity index (χ4n) is 1.34. The Morgan fingerprint density at radius 1 is 1.50 bits per heavy atom. The van der Waals surface area contributed by atoms with Gasteiger partial charge in [-0.3, -0.25) is 4.68 Å². The van der Waals surface area contributed by atoms with Crippen molar-refractivity contribution in [2.75, 3.05) is 39.2 Å². The van der Waals surface area contributed by atoms with Crippen molar-refractivity contribution in [3.63, 3.8) is 0 Å². The zero-order chi connectivity index (χ0) is 11.8. The molecule has 0 aliphatic heterocycles. The summed E-state index contributed by atoms with van der Waals surface area (Å²) in [6.07, 6.45) is 4.13. The molecule has 1 N–H and O–H groups in total. The van der Waals surface area contributed by atoms with Crippen LogP contribution in [0.25, 0.3) is 0 Å². The molecule has 5 nitrogen and oxygen atoms in total. The Morgan fingerprint density at radius 2 is 2.31 bits per heavy atom. The molecule has 1 aromatic heterocycles. The van der Waals surface area contributed by atoms with Gasteiger partial charge in [-0.2, -0.15) is 11.8 Å². The van der Waals surface area contributed by atoms with Crippen LogP contribution in [0.4, 0.5) is 0 Å². The first-order valence-corrected chi connectivity index (χ1v) is 6.86. The van der Waals surface area contributed by atoms with Gasteiger partial charge in [0.25, 0.3) is 0 Å². The molecule has 0 aliphatic rings. The molecule has 0 aliphatic carbocycles. The number of likely N-dealkylation sites (N-methyl/N-ethyl adjacent to an activating group) is 1. The van der Waals surface area contributed by atoms with E-state index in [1.165, 1.54) is 5.75 Å². The van der Waals surface area contributed by atoms with E-state index in [0.29, 0.717) is 0 Å². The average Bonchev–Trinajstić information content (AvgIpc) is 2.72. The fraction of sp³-hybridized carbons (Fsp3) is 0.800. The summed E-state index contributed by atoms with van der Waals surface area (Å²) in [5, 5.41) is 11.2. The van der Waals surface area contributed by atoms with Crippen molar-refractivity contribution in [2.24, 2.45) is 0 Å². The largest absolute Gasteiger partial charge is 0.314 e. The third-order valence-corrected chi connectivity index (χ3v) is 2.92. The van der Waals surface area contributed by atoms with Crippen LogP contribution in [0.15, 0.2) is 6.20 Å². The number of aromatic nitrogens is 3. The van der Waals surface area contributed by atoms with Crippen molar-refractivity contribution in [2.45, 2.75) is 13.1 Å². The molecular formula is C10H21N5S. The van der Waals surface area contributed by atoms with E-state index in [1.807, 2.05) is 29.7 Å². The number of nitrogens with one attached hydrogen (secondary N) is 1. The van der Waals surface area contributed by atoms with E-state index >= 15 is 0 Å². The molecule has 0 aromatic carbocycles. The Labute approximate surface area is 102 Å². The number of thioether (sulfide) groups is 1. The first kappa shape index (κ1) is 13.5. The molecule has 0 unspecified atom stereocenters. The fourth-order valence-corrected chi connectivity index (χ4v) is 1.84. The Balaban J connectivity index is 2.25. The zero-order valence-electron chi connectivity index (χ0n) is 10.3. The van der Waals surface area contributed by atoms with Crippen molar-refractivity contribution < 1.29 is 0 Å². The molecule has 16 heavy (non-hydrogen) atoms. The number of rotatable bonds is 8. The molecule has 0 radical (unpaired) electrons. The first-order chi connectivity index (χ1) is 7.76. The molecule has 6 heteroatoms. The third-order valence-electron chi connectivity index (χ3n) is 2.33. The van der Waals surface area contributed by atoms with Gasteiger partial charge >= 0.3 is 0 Å². The smallest absolute Gasteiger partial charge is 0.0964 e. The maximum absolute atomic E-state index is 4.08. The standard InChI is InChI=1S/C10H21N5S/c1-11-8-10-9-15(13-12-10)5-4-14(2)6-7-16-3/h9,11H,4-8H2,1-3H3. The van der Waals surface area contributed by atoms with Gasteiger partial charge in [-0.15, -0.1) is 5.10 Å². The quantitative estimate of drug-likeness (QED) is 0.711. The second kappa shape index (κ2) is 7.65. The summed E-state index contributed by atoms with van der Waals surface area (Å²) in [4.78, 5) is 2.32. The lowest BCUT2D eigenvalue weighted by molar-refractivity contribution is 0.328. The van der Waals surface area contributed by atoms with Gasteiger partial charge in [0.15, 0.2) is 0 Å². The second-order valence-corrected chi connectivity index (χ2v) is 4.78. The van der Waals surface area contributed by atoms with E-state index in [0.717, 1.165) is 31.9 Å². The molecule has 0 saturated carbocycles. The Morgan fingerprint density at radius 3 is 3.00 bits per heavy atom. The first-order valence-electron chi connectivity index (χ1n) is 5.47. The third kappa shape index (κ3) is 4.96. The molecule has 0 amide bonds. The molecule has 92 valence electrons. The highest BCUT2D eigenvalue weighted by molar-refractivity contribution is 7.98. The lowest BCUT2D eigenvalue weighted by Crippen LogP contribution is -2.25. The summed E-state index contributed by atoms with van der Waals surface area (Å²) < 4.78 is 1.91. The van der Waals surface area contributed by atoms with Crippen LogP contribution >= 0.6 is 11.8 Å². The van der Waals surface area contributed by atoms with Crippen LogP contribution < -0.4 is 5.32 Å². The lowest BCUT2D eigenvalue weighted by atomic mass is 10.4. The monoisotopic (exact) mass is 243 g/mol. The summed E-state index contributed by atoms with van der Waals surface area (Å²) in [5.41, 5.74) is 0.995. The van der Waals surface area contributed by atoms with Gasteiger partial charge in [-0.1, -0.05) is 5.21 Å². The highest BCUT2D eigenvalue weighted by Gasteiger charge is 2.01. The van der Waals surface area contributed by atoms with Crippen LogP contribution in [0.2, 0.25) is 0 Å². The SMILES string of the molecule is CNCc1cn(CCN(C)CCSC)nn1. The minimum Gasteiger partial charge on any atom is -0.314 e. The maximum atomic E-state index is 4.08. The van der Waals surface area contributed by atoms with E-state index in [2.05, 4.69) is 33.8 Å². The summed E-state index contributed by atoms with van der Waals surface area (Å²) in [6, 6.07) is 0. The number of hydrogen-bond acceptors (Lipinski definition) is 5. The minimum atomic E-state index is 0.780. The van der Waals surface area contributed by atoms with Crippen LogP contribution in [0, 0.1) is 0 Å². The summed E-state index contributed by atoms with van der Waals surface area (Å²) in [7, 11) is 4.05. The highest BCUT2D eigenvalue weighted by Crippen LogP contribution is 1.95. The topological polar surface area (TPSA) is 46.0 Å². The van der Waals surface area contributed by atoms with Gasteiger partial charge in [0.2, 0.25) is 0 Å². The van der Waals surface area contributed by atoms with Crippen LogP contribution in [-0.4, -0.2) is 59.1 Å².